The zero-order chi connectivity index (χ0) is 27.2. The van der Waals surface area contributed by atoms with Crippen molar-refractivity contribution in [1.29, 1.82) is 0 Å². The third-order valence-electron chi connectivity index (χ3n) is 6.94. The van der Waals surface area contributed by atoms with E-state index in [9.17, 15) is 9.59 Å². The zero-order valence-electron chi connectivity index (χ0n) is 22.3. The summed E-state index contributed by atoms with van der Waals surface area (Å²) in [6.45, 7) is 5.28. The number of rotatable bonds is 8. The lowest BCUT2D eigenvalue weighted by molar-refractivity contribution is -0.131. The first-order chi connectivity index (χ1) is 19.1. The van der Waals surface area contributed by atoms with Gasteiger partial charge in [-0.05, 0) is 67.4 Å². The van der Waals surface area contributed by atoms with Gasteiger partial charge in [-0.25, -0.2) is 0 Å². The van der Waals surface area contributed by atoms with Crippen LogP contribution in [0, 0.1) is 0 Å². The fourth-order valence-corrected chi connectivity index (χ4v) is 4.80. The lowest BCUT2D eigenvalue weighted by Crippen LogP contribution is -2.44. The molecule has 2 aliphatic rings. The molecule has 2 aliphatic heterocycles. The van der Waals surface area contributed by atoms with Crippen LogP contribution in [0.15, 0.2) is 54.6 Å². The SMILES string of the molecule is CCCN(CC(=O)N1CCCN(c2ccc(-c3ccc(OC)cc3)nn2)CC1)C(=O)c1ccc2c(c1)OCO2. The minimum atomic E-state index is -0.188. The summed E-state index contributed by atoms with van der Waals surface area (Å²) < 4.78 is 16.0. The van der Waals surface area contributed by atoms with Crippen LogP contribution in [0.25, 0.3) is 11.3 Å². The molecule has 1 fully saturated rings. The van der Waals surface area contributed by atoms with Gasteiger partial charge in [0.1, 0.15) is 12.3 Å². The molecule has 0 atom stereocenters. The van der Waals surface area contributed by atoms with Crippen LogP contribution in [0.5, 0.6) is 17.2 Å². The van der Waals surface area contributed by atoms with Gasteiger partial charge in [0.25, 0.3) is 5.91 Å². The summed E-state index contributed by atoms with van der Waals surface area (Å²) in [5, 5.41) is 8.88. The third-order valence-corrected chi connectivity index (χ3v) is 6.94. The number of anilines is 1. The van der Waals surface area contributed by atoms with Crippen molar-refractivity contribution in [3.63, 3.8) is 0 Å². The highest BCUT2D eigenvalue weighted by Gasteiger charge is 2.25. The molecule has 2 aromatic carbocycles. The molecule has 0 bridgehead atoms. The smallest absolute Gasteiger partial charge is 0.254 e. The molecule has 0 spiro atoms. The second-order valence-corrected chi connectivity index (χ2v) is 9.52. The Labute approximate surface area is 228 Å². The molecule has 0 aliphatic carbocycles. The topological polar surface area (TPSA) is 97.3 Å². The van der Waals surface area contributed by atoms with E-state index >= 15 is 0 Å². The highest BCUT2D eigenvalue weighted by molar-refractivity contribution is 5.97. The average molecular weight is 532 g/mol. The van der Waals surface area contributed by atoms with Gasteiger partial charge in [-0.15, -0.1) is 10.2 Å². The third kappa shape index (κ3) is 6.05. The molecule has 204 valence electrons. The van der Waals surface area contributed by atoms with E-state index in [1.807, 2.05) is 48.2 Å². The van der Waals surface area contributed by atoms with Crippen molar-refractivity contribution >= 4 is 17.6 Å². The Morgan fingerprint density at radius 1 is 0.949 bits per heavy atom. The number of fused-ring (bicyclic) bond motifs is 1. The molecule has 0 N–H and O–H groups in total. The van der Waals surface area contributed by atoms with Gasteiger partial charge in [-0.1, -0.05) is 6.92 Å². The van der Waals surface area contributed by atoms with Gasteiger partial charge in [-0.3, -0.25) is 9.59 Å². The number of amides is 2. The number of hydrogen-bond donors (Lipinski definition) is 0. The first-order valence-electron chi connectivity index (χ1n) is 13.3. The quantitative estimate of drug-likeness (QED) is 0.436. The lowest BCUT2D eigenvalue weighted by Gasteiger charge is -2.27. The average Bonchev–Trinajstić information content (AvgIpc) is 3.31. The van der Waals surface area contributed by atoms with Crippen molar-refractivity contribution in [3.8, 4) is 28.5 Å². The highest BCUT2D eigenvalue weighted by atomic mass is 16.7. The maximum atomic E-state index is 13.3. The molecular formula is C29H33N5O5. The predicted molar refractivity (Wildman–Crippen MR) is 146 cm³/mol. The molecule has 10 nitrogen and oxygen atoms in total. The maximum Gasteiger partial charge on any atom is 0.254 e. The largest absolute Gasteiger partial charge is 0.497 e. The van der Waals surface area contributed by atoms with E-state index in [4.69, 9.17) is 14.2 Å². The zero-order valence-corrected chi connectivity index (χ0v) is 22.3. The van der Waals surface area contributed by atoms with E-state index in [1.165, 1.54) is 0 Å². The van der Waals surface area contributed by atoms with E-state index in [-0.39, 0.29) is 25.2 Å². The minimum absolute atomic E-state index is 0.0392. The second kappa shape index (κ2) is 12.0. The molecule has 1 aromatic heterocycles. The van der Waals surface area contributed by atoms with Crippen LogP contribution in [0.2, 0.25) is 0 Å². The molecular weight excluding hydrogens is 498 g/mol. The van der Waals surface area contributed by atoms with Crippen molar-refractivity contribution in [1.82, 2.24) is 20.0 Å². The Bertz CT molecular complexity index is 1300. The number of nitrogens with zero attached hydrogens (tertiary/aromatic N) is 5. The molecule has 1 saturated heterocycles. The van der Waals surface area contributed by atoms with Gasteiger partial charge >= 0.3 is 0 Å². The fraction of sp³-hybridized carbons (Fsp3) is 0.379. The van der Waals surface area contributed by atoms with Gasteiger partial charge in [0.15, 0.2) is 17.3 Å². The van der Waals surface area contributed by atoms with Crippen molar-refractivity contribution in [2.75, 3.05) is 58.1 Å². The van der Waals surface area contributed by atoms with E-state index in [0.717, 1.165) is 42.2 Å². The molecule has 0 unspecified atom stereocenters. The first-order valence-corrected chi connectivity index (χ1v) is 13.3. The molecule has 0 radical (unpaired) electrons. The Morgan fingerprint density at radius 3 is 2.51 bits per heavy atom. The number of methoxy groups -OCH3 is 1. The number of carbonyl (C=O) groups excluding carboxylic acids is 2. The van der Waals surface area contributed by atoms with Gasteiger partial charge in [0.2, 0.25) is 12.7 Å². The van der Waals surface area contributed by atoms with Crippen LogP contribution in [0.4, 0.5) is 5.82 Å². The van der Waals surface area contributed by atoms with Gasteiger partial charge < -0.3 is 28.9 Å². The molecule has 2 amide bonds. The Hall–Kier alpha value is -4.34. The Morgan fingerprint density at radius 2 is 1.77 bits per heavy atom. The summed E-state index contributed by atoms with van der Waals surface area (Å²) in [6, 6.07) is 16.8. The monoisotopic (exact) mass is 531 g/mol. The normalized spacial score (nSPS) is 14.6. The van der Waals surface area contributed by atoms with Gasteiger partial charge in [-0.2, -0.15) is 0 Å². The molecule has 0 saturated carbocycles. The second-order valence-electron chi connectivity index (χ2n) is 9.52. The number of hydrogen-bond acceptors (Lipinski definition) is 8. The van der Waals surface area contributed by atoms with E-state index in [2.05, 4.69) is 15.1 Å². The lowest BCUT2D eigenvalue weighted by atomic mass is 10.1. The van der Waals surface area contributed by atoms with Crippen LogP contribution in [0.3, 0.4) is 0 Å². The minimum Gasteiger partial charge on any atom is -0.497 e. The Kier molecular flexibility index (Phi) is 8.10. The first kappa shape index (κ1) is 26.3. The highest BCUT2D eigenvalue weighted by Crippen LogP contribution is 2.33. The summed E-state index contributed by atoms with van der Waals surface area (Å²) in [6.07, 6.45) is 1.56. The molecule has 39 heavy (non-hydrogen) atoms. The fourth-order valence-electron chi connectivity index (χ4n) is 4.80. The summed E-state index contributed by atoms with van der Waals surface area (Å²) in [5.41, 5.74) is 2.24. The van der Waals surface area contributed by atoms with Crippen molar-refractivity contribution in [2.24, 2.45) is 0 Å². The molecule has 3 heterocycles. The van der Waals surface area contributed by atoms with Gasteiger partial charge in [0.05, 0.1) is 12.8 Å². The van der Waals surface area contributed by atoms with Crippen LogP contribution >= 0.6 is 0 Å². The van der Waals surface area contributed by atoms with Crippen molar-refractivity contribution in [2.45, 2.75) is 19.8 Å². The predicted octanol–water partition coefficient (Wildman–Crippen LogP) is 3.47. The van der Waals surface area contributed by atoms with Crippen LogP contribution in [-0.4, -0.2) is 85.0 Å². The number of ether oxygens (including phenoxy) is 3. The number of benzene rings is 2. The van der Waals surface area contributed by atoms with Crippen molar-refractivity contribution in [3.05, 3.63) is 60.2 Å². The van der Waals surface area contributed by atoms with Gasteiger partial charge in [0, 0.05) is 43.9 Å². The summed E-state index contributed by atoms with van der Waals surface area (Å²) in [4.78, 5) is 32.1. The maximum absolute atomic E-state index is 13.3. The molecule has 10 heteroatoms. The summed E-state index contributed by atoms with van der Waals surface area (Å²) in [7, 11) is 1.64. The van der Waals surface area contributed by atoms with Crippen LogP contribution in [0.1, 0.15) is 30.1 Å². The van der Waals surface area contributed by atoms with E-state index in [0.29, 0.717) is 43.2 Å². The van der Waals surface area contributed by atoms with Crippen molar-refractivity contribution < 1.29 is 23.8 Å². The summed E-state index contributed by atoms with van der Waals surface area (Å²) in [5.74, 6) is 2.51. The van der Waals surface area contributed by atoms with Crippen LogP contribution < -0.4 is 19.1 Å². The molecule has 3 aromatic rings. The standard InChI is InChI=1S/C29H33N5O5/c1-3-13-34(29(36)22-7-11-25-26(18-22)39-20-38-25)19-28(35)33-15-4-14-32(16-17-33)27-12-10-24(30-31-27)21-5-8-23(37-2)9-6-21/h5-12,18H,3-4,13-17,19-20H2,1-2H3. The Balaban J connectivity index is 1.19. The number of aromatic nitrogens is 2. The summed E-state index contributed by atoms with van der Waals surface area (Å²) >= 11 is 0. The van der Waals surface area contributed by atoms with E-state index < -0.39 is 0 Å². The van der Waals surface area contributed by atoms with Crippen LogP contribution in [-0.2, 0) is 4.79 Å². The number of carbonyl (C=O) groups is 2. The molecule has 5 rings (SSSR count). The van der Waals surface area contributed by atoms with E-state index in [1.54, 1.807) is 30.2 Å².